The van der Waals surface area contributed by atoms with Crippen molar-refractivity contribution < 1.29 is 42.5 Å². The zero-order valence-electron chi connectivity index (χ0n) is 31.7. The SMILES string of the molecule is CC(C)Cc1nc2cc(Oc3c(Br)cc(CC(F)C(=O)O)cc3Br)ccc2[nH]1.Cc1nc(-c2nc3cc(Oc4c(Br)cc(CC(F)C(=O)O)cc4Br)ccc3[nH]2)c(C)o1. The number of carboxylic acid groups (broad SMARTS) is 2. The Morgan fingerprint density at radius 1 is 0.695 bits per heavy atom. The molecule has 0 aliphatic heterocycles. The molecule has 12 nitrogen and oxygen atoms in total. The Labute approximate surface area is 369 Å². The molecule has 0 radical (unpaired) electrons. The number of alkyl halides is 2. The molecule has 2 unspecified atom stereocenters. The molecule has 308 valence electrons. The minimum absolute atomic E-state index is 0.218. The number of hydrogen-bond donors (Lipinski definition) is 4. The number of carbonyl (C=O) groups is 2. The van der Waals surface area contributed by atoms with Gasteiger partial charge in [-0.3, -0.25) is 0 Å². The van der Waals surface area contributed by atoms with Crippen LogP contribution >= 0.6 is 63.7 Å². The van der Waals surface area contributed by atoms with Crippen LogP contribution in [0.4, 0.5) is 8.78 Å². The van der Waals surface area contributed by atoms with E-state index in [4.69, 9.17) is 24.1 Å². The standard InChI is InChI=1S/C21H16Br2FN3O4.C20H19Br2FN2O3/c1-9-18(25-10(2)30-9)20-26-16-4-3-12(8-17(16)27-20)31-19-13(22)5-11(6-14(19)23)7-15(24)21(28)29;1-10(2)5-18-24-16-4-3-12(9-17(16)25-18)28-19-13(21)6-11(7-14(19)22)8-15(23)20(26)27/h3-6,8,15H,7H2,1-2H3,(H,26,27)(H,28,29);3-4,6-7,9-10,15H,5,8H2,1-2H3,(H,24,25)(H,26,27). The summed E-state index contributed by atoms with van der Waals surface area (Å²) in [6.07, 6.45) is -3.51. The first-order valence-electron chi connectivity index (χ1n) is 17.9. The number of aromatic nitrogens is 5. The fraction of sp³-hybridized carbons (Fsp3) is 0.244. The third kappa shape index (κ3) is 10.9. The average molecular weight is 1070 g/mol. The van der Waals surface area contributed by atoms with Crippen molar-refractivity contribution in [3.05, 3.63) is 107 Å². The smallest absolute Gasteiger partial charge is 0.338 e. The Kier molecular flexibility index (Phi) is 13.9. The molecule has 0 spiro atoms. The van der Waals surface area contributed by atoms with Crippen LogP contribution in [0.5, 0.6) is 23.0 Å². The maximum atomic E-state index is 13.5. The molecule has 59 heavy (non-hydrogen) atoms. The lowest BCUT2D eigenvalue weighted by Crippen LogP contribution is -2.17. The monoisotopic (exact) mass is 1060 g/mol. The molecule has 7 aromatic rings. The molecule has 0 saturated carbocycles. The van der Waals surface area contributed by atoms with Crippen molar-refractivity contribution in [2.75, 3.05) is 0 Å². The molecule has 0 aliphatic rings. The number of aliphatic carboxylic acids is 2. The number of nitrogens with zero attached hydrogens (tertiary/aromatic N) is 3. The van der Waals surface area contributed by atoms with E-state index in [0.717, 1.165) is 28.8 Å². The van der Waals surface area contributed by atoms with Crippen LogP contribution in [0.2, 0.25) is 0 Å². The lowest BCUT2D eigenvalue weighted by Gasteiger charge is -2.12. The van der Waals surface area contributed by atoms with Gasteiger partial charge >= 0.3 is 11.9 Å². The fourth-order valence-corrected chi connectivity index (χ4v) is 8.86. The molecule has 0 amide bonds. The van der Waals surface area contributed by atoms with E-state index in [2.05, 4.69) is 102 Å². The Morgan fingerprint density at radius 2 is 1.15 bits per heavy atom. The summed E-state index contributed by atoms with van der Waals surface area (Å²) in [4.78, 5) is 41.6. The van der Waals surface area contributed by atoms with E-state index in [1.165, 1.54) is 0 Å². The van der Waals surface area contributed by atoms with Crippen LogP contribution in [0.3, 0.4) is 0 Å². The highest BCUT2D eigenvalue weighted by molar-refractivity contribution is 9.11. The van der Waals surface area contributed by atoms with Gasteiger partial charge in [-0.05, 0) is 136 Å². The van der Waals surface area contributed by atoms with Crippen LogP contribution in [0.1, 0.15) is 42.4 Å². The third-order valence-corrected chi connectivity index (χ3v) is 11.0. The summed E-state index contributed by atoms with van der Waals surface area (Å²) in [5.41, 5.74) is 4.99. The number of oxazole rings is 1. The molecule has 0 bridgehead atoms. The van der Waals surface area contributed by atoms with Crippen molar-refractivity contribution >= 4 is 97.7 Å². The molecule has 3 heterocycles. The summed E-state index contributed by atoms with van der Waals surface area (Å²) in [7, 11) is 0. The van der Waals surface area contributed by atoms with Gasteiger partial charge in [-0.25, -0.2) is 33.3 Å². The number of aryl methyl sites for hydroxylation is 2. The first-order valence-corrected chi connectivity index (χ1v) is 21.1. The van der Waals surface area contributed by atoms with E-state index in [9.17, 15) is 18.4 Å². The second-order valence-corrected chi connectivity index (χ2v) is 17.3. The van der Waals surface area contributed by atoms with Crippen molar-refractivity contribution in [1.82, 2.24) is 24.9 Å². The summed E-state index contributed by atoms with van der Waals surface area (Å²) in [6.45, 7) is 7.89. The number of aromatic amines is 2. The molecular weight excluding hydrogens is 1030 g/mol. The zero-order chi connectivity index (χ0) is 42.7. The average Bonchev–Trinajstić information content (AvgIpc) is 3.86. The van der Waals surface area contributed by atoms with Gasteiger partial charge in [0.05, 0.1) is 40.0 Å². The minimum Gasteiger partial charge on any atom is -0.479 e. The Morgan fingerprint density at radius 3 is 1.58 bits per heavy atom. The number of H-pyrrole nitrogens is 2. The van der Waals surface area contributed by atoms with Crippen molar-refractivity contribution in [2.45, 2.75) is 59.3 Å². The van der Waals surface area contributed by atoms with E-state index < -0.39 is 24.3 Å². The molecule has 4 aromatic carbocycles. The number of halogens is 6. The van der Waals surface area contributed by atoms with E-state index in [1.807, 2.05) is 31.2 Å². The number of rotatable bonds is 13. The first kappa shape index (κ1) is 43.9. The second kappa shape index (κ2) is 18.7. The molecule has 4 N–H and O–H groups in total. The predicted octanol–water partition coefficient (Wildman–Crippen LogP) is 12.2. The highest BCUT2D eigenvalue weighted by Gasteiger charge is 2.21. The summed E-state index contributed by atoms with van der Waals surface area (Å²) in [6, 6.07) is 17.6. The number of carboxylic acids is 2. The molecule has 0 aliphatic carbocycles. The van der Waals surface area contributed by atoms with Crippen LogP contribution in [-0.4, -0.2) is 59.4 Å². The van der Waals surface area contributed by atoms with Crippen LogP contribution in [0.25, 0.3) is 33.6 Å². The molecule has 18 heteroatoms. The Balaban J connectivity index is 0.000000199. The number of imidazole rings is 2. The Bertz CT molecular complexity index is 2640. The summed E-state index contributed by atoms with van der Waals surface area (Å²) in [5.74, 6) is 2.48. The third-order valence-electron chi connectivity index (χ3n) is 8.61. The topological polar surface area (TPSA) is 176 Å². The minimum atomic E-state index is -1.97. The van der Waals surface area contributed by atoms with Gasteiger partial charge in [0.15, 0.2) is 23.2 Å². The number of benzene rings is 4. The van der Waals surface area contributed by atoms with Crippen molar-refractivity contribution in [3.63, 3.8) is 0 Å². The highest BCUT2D eigenvalue weighted by atomic mass is 79.9. The number of nitrogens with one attached hydrogen (secondary N) is 2. The van der Waals surface area contributed by atoms with Crippen LogP contribution < -0.4 is 9.47 Å². The van der Waals surface area contributed by atoms with Gasteiger partial charge in [-0.2, -0.15) is 0 Å². The van der Waals surface area contributed by atoms with Gasteiger partial charge in [0.1, 0.15) is 28.8 Å². The van der Waals surface area contributed by atoms with Crippen molar-refractivity contribution in [2.24, 2.45) is 5.92 Å². The maximum Gasteiger partial charge on any atom is 0.338 e. The van der Waals surface area contributed by atoms with Gasteiger partial charge in [0.25, 0.3) is 0 Å². The van der Waals surface area contributed by atoms with Crippen LogP contribution in [-0.2, 0) is 28.9 Å². The summed E-state index contributed by atoms with van der Waals surface area (Å²) < 4.78 is 46.8. The summed E-state index contributed by atoms with van der Waals surface area (Å²) in [5, 5.41) is 17.5. The van der Waals surface area contributed by atoms with Crippen molar-refractivity contribution in [1.29, 1.82) is 0 Å². The number of ether oxygens (including phenoxy) is 2. The lowest BCUT2D eigenvalue weighted by molar-refractivity contribution is -0.143. The number of hydrogen-bond acceptors (Lipinski definition) is 8. The van der Waals surface area contributed by atoms with Gasteiger partial charge in [0.2, 0.25) is 12.3 Å². The van der Waals surface area contributed by atoms with Crippen molar-refractivity contribution in [3.8, 4) is 34.5 Å². The quantitative estimate of drug-likeness (QED) is 0.0869. The van der Waals surface area contributed by atoms with E-state index in [0.29, 0.717) is 86.6 Å². The molecule has 3 aromatic heterocycles. The van der Waals surface area contributed by atoms with Gasteiger partial charge < -0.3 is 34.1 Å². The first-order chi connectivity index (χ1) is 27.9. The fourth-order valence-electron chi connectivity index (χ4n) is 5.97. The Hall–Kier alpha value is -4.65. The molecule has 0 saturated heterocycles. The normalized spacial score (nSPS) is 12.4. The number of fused-ring (bicyclic) bond motifs is 2. The molecule has 2 atom stereocenters. The zero-order valence-corrected chi connectivity index (χ0v) is 38.0. The second-order valence-electron chi connectivity index (χ2n) is 13.9. The van der Waals surface area contributed by atoms with Crippen LogP contribution in [0.15, 0.2) is 83.0 Å². The maximum absolute atomic E-state index is 13.5. The predicted molar refractivity (Wildman–Crippen MR) is 232 cm³/mol. The largest absolute Gasteiger partial charge is 0.479 e. The van der Waals surface area contributed by atoms with E-state index in [1.54, 1.807) is 43.3 Å². The lowest BCUT2D eigenvalue weighted by atomic mass is 10.1. The molecule has 7 rings (SSSR count). The summed E-state index contributed by atoms with van der Waals surface area (Å²) >= 11 is 13.7. The van der Waals surface area contributed by atoms with E-state index >= 15 is 0 Å². The molecule has 0 fully saturated rings. The van der Waals surface area contributed by atoms with E-state index in [-0.39, 0.29) is 12.8 Å². The molecular formula is C41H35Br4F2N5O7. The van der Waals surface area contributed by atoms with Gasteiger partial charge in [0, 0.05) is 38.3 Å². The highest BCUT2D eigenvalue weighted by Crippen LogP contribution is 2.40. The van der Waals surface area contributed by atoms with Gasteiger partial charge in [-0.15, -0.1) is 0 Å². The van der Waals surface area contributed by atoms with Gasteiger partial charge in [-0.1, -0.05) is 13.8 Å². The van der Waals surface area contributed by atoms with Crippen LogP contribution in [0, 0.1) is 19.8 Å².